The van der Waals surface area contributed by atoms with Crippen LogP contribution in [0.15, 0.2) is 17.3 Å². The predicted molar refractivity (Wildman–Crippen MR) is 81.3 cm³/mol. The van der Waals surface area contributed by atoms with Crippen molar-refractivity contribution in [2.45, 2.75) is 0 Å². The van der Waals surface area contributed by atoms with E-state index in [0.717, 1.165) is 9.80 Å². The molecule has 0 aromatic carbocycles. The fraction of sp³-hybridized carbons (Fsp3) is 0.625. The van der Waals surface area contributed by atoms with Gasteiger partial charge in [0.2, 0.25) is 23.6 Å². The maximum Gasteiger partial charge on any atom is 0.233 e. The van der Waals surface area contributed by atoms with E-state index in [1.807, 2.05) is 0 Å². The third-order valence-corrected chi connectivity index (χ3v) is 5.93. The molecule has 3 aliphatic carbocycles. The number of rotatable bonds is 5. The third kappa shape index (κ3) is 1.92. The fourth-order valence-corrected chi connectivity index (χ4v) is 5.03. The Balaban J connectivity index is 1.70. The molecular formula is C16H17N3O6. The Labute approximate surface area is 142 Å². The molecule has 0 aromatic heterocycles. The Bertz CT molecular complexity index is 669. The smallest absolute Gasteiger partial charge is 0.233 e. The Kier molecular flexibility index (Phi) is 3.57. The van der Waals surface area contributed by atoms with Gasteiger partial charge in [-0.15, -0.1) is 0 Å². The van der Waals surface area contributed by atoms with Crippen molar-refractivity contribution in [3.8, 4) is 0 Å². The second kappa shape index (κ2) is 5.55. The van der Waals surface area contributed by atoms with Crippen molar-refractivity contribution in [2.24, 2.45) is 40.7 Å². The van der Waals surface area contributed by atoms with Crippen molar-refractivity contribution >= 4 is 23.6 Å². The van der Waals surface area contributed by atoms with Gasteiger partial charge in [0, 0.05) is 11.8 Å². The van der Waals surface area contributed by atoms with Crippen molar-refractivity contribution in [2.75, 3.05) is 26.2 Å². The molecule has 6 unspecified atom stereocenters. The minimum Gasteiger partial charge on any atom is -0.395 e. The number of β-amino-alcohol motifs (C(OH)–C–C–N with tert-alkyl or cyclic N) is 1. The van der Waals surface area contributed by atoms with Crippen molar-refractivity contribution in [3.63, 3.8) is 0 Å². The lowest BCUT2D eigenvalue weighted by Crippen LogP contribution is -2.50. The number of amides is 4. The summed E-state index contributed by atoms with van der Waals surface area (Å²) < 4.78 is 0. The molecule has 132 valence electrons. The Hall–Kier alpha value is -2.42. The second-order valence-electron chi connectivity index (χ2n) is 6.88. The molecule has 25 heavy (non-hydrogen) atoms. The number of aliphatic hydroxyl groups is 1. The largest absolute Gasteiger partial charge is 0.395 e. The lowest BCUT2D eigenvalue weighted by molar-refractivity contribution is -0.140. The van der Waals surface area contributed by atoms with E-state index in [1.54, 1.807) is 12.2 Å². The summed E-state index contributed by atoms with van der Waals surface area (Å²) in [5.74, 6) is -5.20. The van der Waals surface area contributed by atoms with E-state index in [2.05, 4.69) is 5.18 Å². The van der Waals surface area contributed by atoms with Gasteiger partial charge in [-0.2, -0.15) is 4.91 Å². The van der Waals surface area contributed by atoms with Crippen LogP contribution in [-0.2, 0) is 19.2 Å². The van der Waals surface area contributed by atoms with Gasteiger partial charge in [-0.1, -0.05) is 17.3 Å². The molecule has 6 atom stereocenters. The number of nitrogens with zero attached hydrogens (tertiary/aromatic N) is 3. The normalized spacial score (nSPS) is 38.6. The molecule has 5 aliphatic rings. The highest BCUT2D eigenvalue weighted by Crippen LogP contribution is 2.57. The van der Waals surface area contributed by atoms with E-state index in [0.29, 0.717) is 0 Å². The van der Waals surface area contributed by atoms with Crippen LogP contribution in [0.4, 0.5) is 0 Å². The van der Waals surface area contributed by atoms with Crippen LogP contribution in [0.3, 0.4) is 0 Å². The molecule has 2 heterocycles. The van der Waals surface area contributed by atoms with Gasteiger partial charge in [-0.25, -0.2) is 0 Å². The van der Waals surface area contributed by atoms with E-state index in [-0.39, 0.29) is 38.1 Å². The second-order valence-corrected chi connectivity index (χ2v) is 6.88. The number of allylic oxidation sites excluding steroid dienone is 2. The molecule has 9 nitrogen and oxygen atoms in total. The summed E-state index contributed by atoms with van der Waals surface area (Å²) in [6.45, 7) is -0.633. The Morgan fingerprint density at radius 3 is 1.56 bits per heavy atom. The summed E-state index contributed by atoms with van der Waals surface area (Å²) in [6.07, 6.45) is 3.54. The molecule has 2 saturated heterocycles. The number of hydrogen-bond acceptors (Lipinski definition) is 7. The predicted octanol–water partition coefficient (Wildman–Crippen LogP) is -1.24. The van der Waals surface area contributed by atoms with Crippen molar-refractivity contribution in [3.05, 3.63) is 17.1 Å². The van der Waals surface area contributed by atoms with Crippen LogP contribution in [0, 0.1) is 40.4 Å². The van der Waals surface area contributed by atoms with Gasteiger partial charge in [0.1, 0.15) is 0 Å². The van der Waals surface area contributed by atoms with Crippen molar-refractivity contribution in [1.82, 2.24) is 9.80 Å². The topological polar surface area (TPSA) is 124 Å². The van der Waals surface area contributed by atoms with Gasteiger partial charge in [0.15, 0.2) is 0 Å². The number of likely N-dealkylation sites (tertiary alicyclic amines) is 2. The van der Waals surface area contributed by atoms with E-state index in [4.69, 9.17) is 5.11 Å². The van der Waals surface area contributed by atoms with E-state index in [1.165, 1.54) is 0 Å². The lowest BCUT2D eigenvalue weighted by atomic mass is 9.54. The zero-order valence-electron chi connectivity index (χ0n) is 13.3. The molecule has 9 heteroatoms. The number of imide groups is 2. The van der Waals surface area contributed by atoms with E-state index < -0.39 is 47.3 Å². The summed E-state index contributed by atoms with van der Waals surface area (Å²) in [5, 5.41) is 11.8. The summed E-state index contributed by atoms with van der Waals surface area (Å²) in [5.41, 5.74) is 0. The maximum atomic E-state index is 12.7. The summed E-state index contributed by atoms with van der Waals surface area (Å²) in [6, 6.07) is 0. The summed E-state index contributed by atoms with van der Waals surface area (Å²) in [7, 11) is 0. The van der Waals surface area contributed by atoms with Gasteiger partial charge >= 0.3 is 0 Å². The van der Waals surface area contributed by atoms with Crippen LogP contribution in [0.25, 0.3) is 0 Å². The molecule has 1 N–H and O–H groups in total. The molecule has 3 fully saturated rings. The average molecular weight is 347 g/mol. The average Bonchev–Trinajstić information content (AvgIpc) is 3.03. The SMILES string of the molecule is O=NCCN1C(=O)C2C3C=CC(C4C(=O)N(CCO)C(=O)C34)C2C1=O. The van der Waals surface area contributed by atoms with Gasteiger partial charge in [-0.05, 0) is 0 Å². The van der Waals surface area contributed by atoms with Crippen LogP contribution in [0.2, 0.25) is 0 Å². The maximum absolute atomic E-state index is 12.7. The monoisotopic (exact) mass is 347 g/mol. The minimum absolute atomic E-state index is 0.0680. The molecule has 0 aromatic rings. The van der Waals surface area contributed by atoms with Gasteiger partial charge in [0.05, 0.1) is 49.9 Å². The molecular weight excluding hydrogens is 330 g/mol. The Morgan fingerprint density at radius 2 is 1.20 bits per heavy atom. The molecule has 5 rings (SSSR count). The standard InChI is InChI=1S/C16H17N3O6/c20-6-5-19-15(23)11-7-1-2-8(12(11)16(19)24)10-9(7)13(21)18(14(10)22)4-3-17-25/h1-2,7-12,20H,3-6H2. The molecule has 2 aliphatic heterocycles. The minimum atomic E-state index is -0.666. The lowest BCUT2D eigenvalue weighted by Gasteiger charge is -2.44. The molecule has 2 bridgehead atoms. The third-order valence-electron chi connectivity index (χ3n) is 5.93. The molecule has 1 saturated carbocycles. The highest BCUT2D eigenvalue weighted by atomic mass is 16.3. The first kappa shape index (κ1) is 16.1. The quantitative estimate of drug-likeness (QED) is 0.377. The molecule has 0 spiro atoms. The molecule has 4 amide bonds. The van der Waals surface area contributed by atoms with Crippen LogP contribution in [0.5, 0.6) is 0 Å². The number of aliphatic hydroxyl groups excluding tert-OH is 1. The van der Waals surface area contributed by atoms with Crippen LogP contribution < -0.4 is 0 Å². The zero-order valence-corrected chi connectivity index (χ0v) is 13.3. The van der Waals surface area contributed by atoms with Crippen LogP contribution in [-0.4, -0.2) is 64.8 Å². The van der Waals surface area contributed by atoms with Gasteiger partial charge in [0.25, 0.3) is 0 Å². The Morgan fingerprint density at radius 1 is 0.800 bits per heavy atom. The first-order chi connectivity index (χ1) is 12.0. The van der Waals surface area contributed by atoms with Crippen molar-refractivity contribution in [1.29, 1.82) is 0 Å². The number of hydrogen-bond donors (Lipinski definition) is 1. The van der Waals surface area contributed by atoms with E-state index >= 15 is 0 Å². The number of carbonyl (C=O) groups excluding carboxylic acids is 4. The highest BCUT2D eigenvalue weighted by molar-refractivity contribution is 6.10. The van der Waals surface area contributed by atoms with Crippen LogP contribution in [0.1, 0.15) is 0 Å². The zero-order chi connectivity index (χ0) is 17.9. The number of nitroso groups, excluding NO2 is 1. The van der Waals surface area contributed by atoms with E-state index in [9.17, 15) is 24.1 Å². The number of carbonyl (C=O) groups is 4. The van der Waals surface area contributed by atoms with Gasteiger partial charge in [-0.3, -0.25) is 29.0 Å². The summed E-state index contributed by atoms with van der Waals surface area (Å²) >= 11 is 0. The first-order valence-electron chi connectivity index (χ1n) is 8.31. The highest BCUT2D eigenvalue weighted by Gasteiger charge is 2.68. The fourth-order valence-electron chi connectivity index (χ4n) is 5.03. The van der Waals surface area contributed by atoms with Gasteiger partial charge < -0.3 is 5.11 Å². The molecule has 0 radical (unpaired) electrons. The first-order valence-corrected chi connectivity index (χ1v) is 8.31. The van der Waals surface area contributed by atoms with Crippen LogP contribution >= 0.6 is 0 Å². The van der Waals surface area contributed by atoms with Crippen molar-refractivity contribution < 1.29 is 24.3 Å². The summed E-state index contributed by atoms with van der Waals surface area (Å²) in [4.78, 5) is 63.2.